The molecule has 0 bridgehead atoms. The van der Waals surface area contributed by atoms with Crippen LogP contribution in [0.4, 0.5) is 0 Å². The van der Waals surface area contributed by atoms with E-state index in [4.69, 9.17) is 14.5 Å². The fourth-order valence-electron chi connectivity index (χ4n) is 2.69. The monoisotopic (exact) mass is 383 g/mol. The van der Waals surface area contributed by atoms with Gasteiger partial charge in [-0.25, -0.2) is 9.97 Å². The van der Waals surface area contributed by atoms with E-state index in [1.54, 1.807) is 26.0 Å². The summed E-state index contributed by atoms with van der Waals surface area (Å²) in [6.45, 7) is 0. The van der Waals surface area contributed by atoms with Gasteiger partial charge in [0.05, 0.1) is 19.9 Å². The summed E-state index contributed by atoms with van der Waals surface area (Å²) in [4.78, 5) is 10.5. The van der Waals surface area contributed by atoms with Crippen molar-refractivity contribution in [1.29, 1.82) is 0 Å². The molecular formula is C21H25N3O2S. The van der Waals surface area contributed by atoms with Crippen LogP contribution in [0.25, 0.3) is 0 Å². The predicted molar refractivity (Wildman–Crippen MR) is 110 cm³/mol. The highest BCUT2D eigenvalue weighted by atomic mass is 32.2. The van der Waals surface area contributed by atoms with Crippen molar-refractivity contribution in [3.05, 3.63) is 77.4 Å². The van der Waals surface area contributed by atoms with Crippen molar-refractivity contribution in [3.63, 3.8) is 0 Å². The average molecular weight is 384 g/mol. The lowest BCUT2D eigenvalue weighted by Gasteiger charge is -2.10. The molecule has 3 N–H and O–H groups in total. The zero-order chi connectivity index (χ0) is 18.4. The van der Waals surface area contributed by atoms with E-state index in [9.17, 15) is 0 Å². The number of nitrogens with zero attached hydrogens (tertiary/aromatic N) is 2. The second-order valence-electron chi connectivity index (χ2n) is 5.85. The predicted octanol–water partition coefficient (Wildman–Crippen LogP) is 4.56. The normalized spacial score (nSPS) is 10.2. The van der Waals surface area contributed by atoms with Crippen molar-refractivity contribution in [3.8, 4) is 11.5 Å². The van der Waals surface area contributed by atoms with Gasteiger partial charge in [-0.3, -0.25) is 0 Å². The number of ether oxygens (including phenoxy) is 2. The molecule has 2 aromatic carbocycles. The van der Waals surface area contributed by atoms with E-state index in [-0.39, 0.29) is 6.15 Å². The molecule has 0 unspecified atom stereocenters. The van der Waals surface area contributed by atoms with E-state index in [1.165, 1.54) is 5.56 Å². The molecular weight excluding hydrogens is 358 g/mol. The Morgan fingerprint density at radius 2 is 1.33 bits per heavy atom. The average Bonchev–Trinajstić information content (AvgIpc) is 2.69. The number of aromatic nitrogens is 2. The van der Waals surface area contributed by atoms with Crippen LogP contribution >= 0.6 is 11.8 Å². The van der Waals surface area contributed by atoms with Crippen LogP contribution in [0, 0.1) is 0 Å². The molecule has 0 saturated carbocycles. The number of benzene rings is 2. The Hall–Kier alpha value is -2.57. The van der Waals surface area contributed by atoms with Crippen LogP contribution in [0.2, 0.25) is 0 Å². The van der Waals surface area contributed by atoms with E-state index >= 15 is 0 Å². The first kappa shape index (κ1) is 20.7. The molecule has 0 atom stereocenters. The van der Waals surface area contributed by atoms with Crippen LogP contribution in [0.5, 0.6) is 11.5 Å². The van der Waals surface area contributed by atoms with Gasteiger partial charge in [-0.15, -0.1) is 11.8 Å². The lowest BCUT2D eigenvalue weighted by atomic mass is 10.1. The van der Waals surface area contributed by atoms with Crippen LogP contribution in [-0.4, -0.2) is 30.4 Å². The van der Waals surface area contributed by atoms with Crippen LogP contribution in [-0.2, 0) is 12.8 Å². The Morgan fingerprint density at radius 1 is 0.815 bits per heavy atom. The van der Waals surface area contributed by atoms with Gasteiger partial charge in [-0.1, -0.05) is 24.3 Å². The van der Waals surface area contributed by atoms with Crippen molar-refractivity contribution in [2.45, 2.75) is 17.7 Å². The molecule has 3 rings (SSSR count). The van der Waals surface area contributed by atoms with Gasteiger partial charge in [0.2, 0.25) is 0 Å². The Bertz CT molecular complexity index is 852. The Labute approximate surface area is 164 Å². The van der Waals surface area contributed by atoms with Gasteiger partial charge in [-0.2, -0.15) is 0 Å². The zero-order valence-corrected chi connectivity index (χ0v) is 16.8. The van der Waals surface area contributed by atoms with Gasteiger partial charge in [0.1, 0.15) is 17.3 Å². The smallest absolute Gasteiger partial charge is 0.133 e. The van der Waals surface area contributed by atoms with Gasteiger partial charge in [0, 0.05) is 23.9 Å². The highest BCUT2D eigenvalue weighted by Gasteiger charge is 2.09. The van der Waals surface area contributed by atoms with Gasteiger partial charge >= 0.3 is 0 Å². The fraction of sp³-hybridized carbons (Fsp3) is 0.238. The molecule has 0 amide bonds. The molecule has 142 valence electrons. The van der Waals surface area contributed by atoms with Gasteiger partial charge < -0.3 is 15.6 Å². The third-order valence-corrected chi connectivity index (χ3v) is 4.93. The maximum absolute atomic E-state index is 5.23. The quantitative estimate of drug-likeness (QED) is 0.603. The second kappa shape index (κ2) is 9.94. The molecule has 27 heavy (non-hydrogen) atoms. The second-order valence-corrected chi connectivity index (χ2v) is 6.70. The summed E-state index contributed by atoms with van der Waals surface area (Å²) < 4.78 is 10.4. The molecule has 3 aromatic rings. The molecule has 6 heteroatoms. The van der Waals surface area contributed by atoms with Crippen LogP contribution in [0.1, 0.15) is 22.6 Å². The van der Waals surface area contributed by atoms with E-state index in [0.29, 0.717) is 6.42 Å². The third kappa shape index (κ3) is 5.45. The Morgan fingerprint density at radius 3 is 1.81 bits per heavy atom. The maximum Gasteiger partial charge on any atom is 0.133 e. The van der Waals surface area contributed by atoms with Crippen molar-refractivity contribution in [1.82, 2.24) is 16.1 Å². The molecule has 0 radical (unpaired) electrons. The Balaban J connectivity index is 0.00000261. The molecule has 0 saturated heterocycles. The number of methoxy groups -OCH3 is 2. The van der Waals surface area contributed by atoms with Gasteiger partial charge in [-0.05, 0) is 41.6 Å². The van der Waals surface area contributed by atoms with Crippen molar-refractivity contribution < 1.29 is 9.47 Å². The summed E-state index contributed by atoms with van der Waals surface area (Å²) in [7, 11) is 3.35. The van der Waals surface area contributed by atoms with Crippen molar-refractivity contribution >= 4 is 11.8 Å². The largest absolute Gasteiger partial charge is 0.497 e. The van der Waals surface area contributed by atoms with Crippen molar-refractivity contribution in [2.24, 2.45) is 0 Å². The highest BCUT2D eigenvalue weighted by molar-refractivity contribution is 7.98. The number of thioether (sulfide) groups is 1. The summed E-state index contributed by atoms with van der Waals surface area (Å²) >= 11 is 1.68. The highest BCUT2D eigenvalue weighted by Crippen LogP contribution is 2.23. The summed E-state index contributed by atoms with van der Waals surface area (Å²) in [5.41, 5.74) is 3.43. The first-order chi connectivity index (χ1) is 12.7. The summed E-state index contributed by atoms with van der Waals surface area (Å²) in [6, 6.07) is 16.1. The first-order valence-electron chi connectivity index (χ1n) is 8.36. The van der Waals surface area contributed by atoms with E-state index in [1.807, 2.05) is 42.6 Å². The minimum absolute atomic E-state index is 0. The topological polar surface area (TPSA) is 79.2 Å². The fourth-order valence-corrected chi connectivity index (χ4v) is 3.20. The lowest BCUT2D eigenvalue weighted by Crippen LogP contribution is -2.03. The molecule has 0 aliphatic carbocycles. The number of rotatable bonds is 7. The maximum atomic E-state index is 5.23. The molecule has 0 aliphatic heterocycles. The SMILES string of the molecule is COc1ccc(Cc2ncc(SC)c(Cc3ccc(OC)cc3)n2)cc1.N. The minimum atomic E-state index is 0. The summed E-state index contributed by atoms with van der Waals surface area (Å²) in [5, 5.41) is 0. The first-order valence-corrected chi connectivity index (χ1v) is 9.59. The Kier molecular flexibility index (Phi) is 7.64. The third-order valence-electron chi connectivity index (χ3n) is 4.15. The van der Waals surface area contributed by atoms with Gasteiger partial charge in [0.25, 0.3) is 0 Å². The molecule has 0 aliphatic rings. The number of hydrogen-bond acceptors (Lipinski definition) is 6. The van der Waals surface area contributed by atoms with Crippen molar-refractivity contribution in [2.75, 3.05) is 20.5 Å². The molecule has 0 spiro atoms. The van der Waals surface area contributed by atoms with E-state index in [0.717, 1.165) is 39.9 Å². The molecule has 5 nitrogen and oxygen atoms in total. The van der Waals surface area contributed by atoms with E-state index in [2.05, 4.69) is 23.4 Å². The molecule has 1 aromatic heterocycles. The summed E-state index contributed by atoms with van der Waals surface area (Å²) in [6.07, 6.45) is 5.46. The molecule has 0 fully saturated rings. The van der Waals surface area contributed by atoms with Crippen LogP contribution in [0.3, 0.4) is 0 Å². The molecule has 1 heterocycles. The zero-order valence-electron chi connectivity index (χ0n) is 15.9. The standard InChI is InChI=1S/C21H22N2O2S.H3N/c1-24-17-8-4-15(5-9-17)12-19-20(26-3)14-22-21(23-19)13-16-6-10-18(25-2)11-7-16;/h4-11,14H,12-13H2,1-3H3;1H3. The van der Waals surface area contributed by atoms with Gasteiger partial charge in [0.15, 0.2) is 0 Å². The minimum Gasteiger partial charge on any atom is -0.497 e. The van der Waals surface area contributed by atoms with Crippen LogP contribution < -0.4 is 15.6 Å². The summed E-state index contributed by atoms with van der Waals surface area (Å²) in [5.74, 6) is 2.55. The lowest BCUT2D eigenvalue weighted by molar-refractivity contribution is 0.414. The van der Waals surface area contributed by atoms with Crippen LogP contribution in [0.15, 0.2) is 59.6 Å². The van der Waals surface area contributed by atoms with E-state index < -0.39 is 0 Å². The number of hydrogen-bond donors (Lipinski definition) is 1.